The van der Waals surface area contributed by atoms with Gasteiger partial charge in [-0.05, 0) is 36.5 Å². The number of nitrogens with one attached hydrogen (secondary N) is 1. The monoisotopic (exact) mass is 310 g/mol. The number of ether oxygens (including phenoxy) is 1. The molecule has 1 N–H and O–H groups in total. The first-order chi connectivity index (χ1) is 10.1. The Kier molecular flexibility index (Phi) is 3.42. The normalized spacial score (nSPS) is 11.2. The molecule has 0 bridgehead atoms. The molecule has 0 amide bonds. The van der Waals surface area contributed by atoms with Crippen molar-refractivity contribution in [2.24, 2.45) is 0 Å². The zero-order chi connectivity index (χ0) is 15.0. The van der Waals surface area contributed by atoms with Gasteiger partial charge in [0.15, 0.2) is 4.77 Å². The van der Waals surface area contributed by atoms with Crippen LogP contribution in [0.4, 0.5) is 13.2 Å². The maximum Gasteiger partial charge on any atom is 0.387 e. The second kappa shape index (κ2) is 5.25. The average molecular weight is 310 g/mol. The maximum atomic E-state index is 13.8. The lowest BCUT2D eigenvalue weighted by molar-refractivity contribution is -0.0498. The van der Waals surface area contributed by atoms with E-state index in [2.05, 4.69) is 9.72 Å². The molecule has 3 rings (SSSR count). The third-order valence-corrected chi connectivity index (χ3v) is 3.27. The standard InChI is InChI=1S/C14H9F3N2OS/c15-8-4-3-6-10-12(8)18-14(21)19(10)9-5-1-2-7-11(9)20-13(16)17/h1-7,13H,(H,18,21). The van der Waals surface area contributed by atoms with Crippen LogP contribution in [0.2, 0.25) is 0 Å². The highest BCUT2D eigenvalue weighted by atomic mass is 32.1. The Hall–Kier alpha value is -2.28. The van der Waals surface area contributed by atoms with Crippen molar-refractivity contribution in [1.29, 1.82) is 0 Å². The lowest BCUT2D eigenvalue weighted by atomic mass is 10.2. The number of benzene rings is 2. The first-order valence-corrected chi connectivity index (χ1v) is 6.42. The van der Waals surface area contributed by atoms with E-state index in [0.717, 1.165) is 0 Å². The molecule has 1 heterocycles. The van der Waals surface area contributed by atoms with Crippen LogP contribution in [0.15, 0.2) is 42.5 Å². The van der Waals surface area contributed by atoms with Gasteiger partial charge in [0.25, 0.3) is 0 Å². The molecule has 3 aromatic rings. The van der Waals surface area contributed by atoms with E-state index >= 15 is 0 Å². The van der Waals surface area contributed by atoms with E-state index in [4.69, 9.17) is 12.2 Å². The molecule has 1 aromatic heterocycles. The largest absolute Gasteiger partial charge is 0.433 e. The highest BCUT2D eigenvalue weighted by Gasteiger charge is 2.15. The highest BCUT2D eigenvalue weighted by Crippen LogP contribution is 2.29. The summed E-state index contributed by atoms with van der Waals surface area (Å²) in [7, 11) is 0. The molecule has 2 aromatic carbocycles. The third kappa shape index (κ3) is 2.40. The van der Waals surface area contributed by atoms with Crippen LogP contribution in [0.5, 0.6) is 5.75 Å². The maximum absolute atomic E-state index is 13.8. The fourth-order valence-electron chi connectivity index (χ4n) is 2.17. The molecule has 21 heavy (non-hydrogen) atoms. The zero-order valence-electron chi connectivity index (χ0n) is 10.5. The topological polar surface area (TPSA) is 29.9 Å². The molecule has 7 heteroatoms. The van der Waals surface area contributed by atoms with E-state index in [1.165, 1.54) is 22.8 Å². The summed E-state index contributed by atoms with van der Waals surface area (Å²) >= 11 is 5.17. The molecular weight excluding hydrogens is 301 g/mol. The molecule has 0 aliphatic carbocycles. The molecule has 0 unspecified atom stereocenters. The molecule has 0 radical (unpaired) electrons. The highest BCUT2D eigenvalue weighted by molar-refractivity contribution is 7.71. The number of aromatic nitrogens is 2. The molecule has 0 fully saturated rings. The smallest absolute Gasteiger partial charge is 0.387 e. The Bertz CT molecular complexity index is 857. The van der Waals surface area contributed by atoms with Crippen LogP contribution in [0.3, 0.4) is 0 Å². The van der Waals surface area contributed by atoms with E-state index in [0.29, 0.717) is 11.2 Å². The lowest BCUT2D eigenvalue weighted by Gasteiger charge is -2.11. The number of rotatable bonds is 3. The predicted molar refractivity (Wildman–Crippen MR) is 75.0 cm³/mol. The summed E-state index contributed by atoms with van der Waals surface area (Å²) in [6.07, 6.45) is 0. The molecule has 0 atom stereocenters. The van der Waals surface area contributed by atoms with Gasteiger partial charge in [0.1, 0.15) is 17.1 Å². The molecule has 0 saturated carbocycles. The van der Waals surface area contributed by atoms with Crippen LogP contribution in [-0.4, -0.2) is 16.2 Å². The van der Waals surface area contributed by atoms with Gasteiger partial charge >= 0.3 is 6.61 Å². The van der Waals surface area contributed by atoms with Gasteiger partial charge in [-0.1, -0.05) is 18.2 Å². The minimum Gasteiger partial charge on any atom is -0.433 e. The number of hydrogen-bond donors (Lipinski definition) is 1. The van der Waals surface area contributed by atoms with Crippen LogP contribution in [0.25, 0.3) is 16.7 Å². The number of imidazole rings is 1. The van der Waals surface area contributed by atoms with Crippen molar-refractivity contribution in [3.63, 3.8) is 0 Å². The number of para-hydroxylation sites is 3. The van der Waals surface area contributed by atoms with Crippen LogP contribution < -0.4 is 4.74 Å². The van der Waals surface area contributed by atoms with Crippen LogP contribution in [0, 0.1) is 10.6 Å². The van der Waals surface area contributed by atoms with E-state index in [-0.39, 0.29) is 16.0 Å². The predicted octanol–water partition coefficient (Wildman–Crippen LogP) is 4.43. The SMILES string of the molecule is Fc1cccc2c1[nH]c(=S)n2-c1ccccc1OC(F)F. The van der Waals surface area contributed by atoms with Crippen molar-refractivity contribution in [1.82, 2.24) is 9.55 Å². The summed E-state index contributed by atoms with van der Waals surface area (Å²) in [6.45, 7) is -2.96. The van der Waals surface area contributed by atoms with Crippen LogP contribution in [0.1, 0.15) is 0 Å². The minimum atomic E-state index is -2.96. The zero-order valence-corrected chi connectivity index (χ0v) is 11.3. The Morgan fingerprint density at radius 2 is 1.86 bits per heavy atom. The summed E-state index contributed by atoms with van der Waals surface area (Å²) in [4.78, 5) is 2.73. The van der Waals surface area contributed by atoms with Crippen molar-refractivity contribution < 1.29 is 17.9 Å². The Morgan fingerprint density at radius 1 is 1.10 bits per heavy atom. The number of alkyl halides is 2. The molecule has 0 saturated heterocycles. The molecule has 0 aliphatic heterocycles. The number of fused-ring (bicyclic) bond motifs is 1. The third-order valence-electron chi connectivity index (χ3n) is 2.99. The van der Waals surface area contributed by atoms with Crippen molar-refractivity contribution in [3.8, 4) is 11.4 Å². The minimum absolute atomic E-state index is 0.0336. The van der Waals surface area contributed by atoms with E-state index in [1.807, 2.05) is 0 Å². The van der Waals surface area contributed by atoms with Crippen molar-refractivity contribution in [2.45, 2.75) is 6.61 Å². The molecule has 0 spiro atoms. The summed E-state index contributed by atoms with van der Waals surface area (Å²) in [5, 5.41) is 0. The quantitative estimate of drug-likeness (QED) is 0.725. The molecule has 108 valence electrons. The summed E-state index contributed by atoms with van der Waals surface area (Å²) in [5.74, 6) is -0.502. The fraction of sp³-hybridized carbons (Fsp3) is 0.0714. The van der Waals surface area contributed by atoms with Gasteiger partial charge in [-0.15, -0.1) is 0 Å². The van der Waals surface area contributed by atoms with E-state index in [1.54, 1.807) is 24.3 Å². The van der Waals surface area contributed by atoms with E-state index in [9.17, 15) is 13.2 Å². The second-order valence-electron chi connectivity index (χ2n) is 4.25. The number of nitrogens with zero attached hydrogens (tertiary/aromatic N) is 1. The fourth-order valence-corrected chi connectivity index (χ4v) is 2.47. The van der Waals surface area contributed by atoms with Gasteiger partial charge in [-0.3, -0.25) is 4.57 Å². The molecular formula is C14H9F3N2OS. The van der Waals surface area contributed by atoms with Crippen LogP contribution in [-0.2, 0) is 0 Å². The van der Waals surface area contributed by atoms with E-state index < -0.39 is 12.4 Å². The van der Waals surface area contributed by atoms with Crippen molar-refractivity contribution >= 4 is 23.3 Å². The van der Waals surface area contributed by atoms with Gasteiger partial charge in [0, 0.05) is 0 Å². The van der Waals surface area contributed by atoms with Gasteiger partial charge in [-0.25, -0.2) is 4.39 Å². The second-order valence-corrected chi connectivity index (χ2v) is 4.63. The van der Waals surface area contributed by atoms with Crippen molar-refractivity contribution in [2.75, 3.05) is 0 Å². The Morgan fingerprint density at radius 3 is 2.62 bits per heavy atom. The summed E-state index contributed by atoms with van der Waals surface area (Å²) in [6, 6.07) is 10.7. The number of hydrogen-bond acceptors (Lipinski definition) is 2. The van der Waals surface area contributed by atoms with Crippen molar-refractivity contribution in [3.05, 3.63) is 53.1 Å². The first kappa shape index (κ1) is 13.7. The number of H-pyrrole nitrogens is 1. The average Bonchev–Trinajstić information content (AvgIpc) is 2.77. The number of halogens is 3. The number of aromatic amines is 1. The van der Waals surface area contributed by atoms with Gasteiger partial charge in [-0.2, -0.15) is 8.78 Å². The molecule has 0 aliphatic rings. The van der Waals surface area contributed by atoms with Gasteiger partial charge < -0.3 is 9.72 Å². The Balaban J connectivity index is 2.29. The summed E-state index contributed by atoms with van der Waals surface area (Å²) < 4.78 is 44.9. The van der Waals surface area contributed by atoms with Gasteiger partial charge in [0.05, 0.1) is 11.2 Å². The van der Waals surface area contributed by atoms with Gasteiger partial charge in [0.2, 0.25) is 0 Å². The Labute approximate surface area is 122 Å². The summed E-state index contributed by atoms with van der Waals surface area (Å²) in [5.41, 5.74) is 0.985. The molecule has 3 nitrogen and oxygen atoms in total. The lowest BCUT2D eigenvalue weighted by Crippen LogP contribution is -2.06. The first-order valence-electron chi connectivity index (χ1n) is 6.01. The van der Waals surface area contributed by atoms with Crippen LogP contribution >= 0.6 is 12.2 Å².